The molecule has 2 heterocycles. The number of rotatable bonds is 6. The number of carbonyl (C=O) groups excluding carboxylic acids is 1. The van der Waals surface area contributed by atoms with Gasteiger partial charge in [0.25, 0.3) is 0 Å². The smallest absolute Gasteiger partial charge is 0.227 e. The highest BCUT2D eigenvalue weighted by Crippen LogP contribution is 2.32. The molecule has 1 aromatic heterocycles. The van der Waals surface area contributed by atoms with E-state index >= 15 is 0 Å². The van der Waals surface area contributed by atoms with Crippen molar-refractivity contribution >= 4 is 11.7 Å². The fourth-order valence-corrected chi connectivity index (χ4v) is 3.95. The highest BCUT2D eigenvalue weighted by atomic mass is 19.1. The molecule has 0 N–H and O–H groups in total. The van der Waals surface area contributed by atoms with E-state index in [-0.39, 0.29) is 24.2 Å². The molecule has 1 amide bonds. The van der Waals surface area contributed by atoms with Crippen LogP contribution >= 0.6 is 0 Å². The number of nitrogens with zero attached hydrogens (tertiary/aromatic N) is 4. The minimum atomic E-state index is -0.304. The fourth-order valence-electron chi connectivity index (χ4n) is 3.95. The fraction of sp³-hybridized carbons (Fsp3) is 0.320. The average Bonchev–Trinajstić information content (AvgIpc) is 2.81. The Balaban J connectivity index is 1.41. The maximum Gasteiger partial charge on any atom is 0.227 e. The average molecular weight is 451 g/mol. The van der Waals surface area contributed by atoms with Crippen molar-refractivity contribution in [2.45, 2.75) is 26.3 Å². The van der Waals surface area contributed by atoms with Gasteiger partial charge in [0.1, 0.15) is 18.0 Å². The van der Waals surface area contributed by atoms with E-state index in [1.54, 1.807) is 25.3 Å². The van der Waals surface area contributed by atoms with Crippen molar-refractivity contribution in [1.29, 1.82) is 0 Å². The molecule has 0 saturated carbocycles. The normalized spacial score (nSPS) is 15.9. The van der Waals surface area contributed by atoms with Crippen LogP contribution in [0.3, 0.4) is 0 Å². The molecule has 0 aliphatic carbocycles. The molecule has 0 bridgehead atoms. The number of halogens is 1. The van der Waals surface area contributed by atoms with E-state index < -0.39 is 0 Å². The summed E-state index contributed by atoms with van der Waals surface area (Å²) in [6.07, 6.45) is 1.73. The Bertz CT molecular complexity index is 1120. The van der Waals surface area contributed by atoms with Gasteiger partial charge in [0.05, 0.1) is 13.5 Å². The lowest BCUT2D eigenvalue weighted by atomic mass is 10.1. The standard InChI is InChI=1S/C25H27FN4O3/c1-17-4-9-21(22(12-17)32-3)33-24-14-23(27-16-28-24)29-10-11-30(18(2)15-29)25(31)13-19-5-7-20(26)8-6-19/h4-9,12,14,16,18H,10-11,13,15H2,1-3H3/t18-/m0/s1. The van der Waals surface area contributed by atoms with E-state index in [1.165, 1.54) is 18.5 Å². The number of methoxy groups -OCH3 is 1. The molecule has 1 fully saturated rings. The molecular weight excluding hydrogens is 423 g/mol. The number of ether oxygens (including phenoxy) is 2. The molecule has 1 atom stereocenters. The first kappa shape index (κ1) is 22.5. The Kier molecular flexibility index (Phi) is 6.72. The summed E-state index contributed by atoms with van der Waals surface area (Å²) in [4.78, 5) is 25.4. The van der Waals surface area contributed by atoms with E-state index in [1.807, 2.05) is 36.9 Å². The van der Waals surface area contributed by atoms with Crippen molar-refractivity contribution in [1.82, 2.24) is 14.9 Å². The molecular formula is C25H27FN4O3. The van der Waals surface area contributed by atoms with Gasteiger partial charge < -0.3 is 19.3 Å². The van der Waals surface area contributed by atoms with Crippen molar-refractivity contribution in [2.24, 2.45) is 0 Å². The summed E-state index contributed by atoms with van der Waals surface area (Å²) in [6, 6.07) is 13.6. The molecule has 1 aliphatic heterocycles. The number of anilines is 1. The number of amides is 1. The second kappa shape index (κ2) is 9.85. The minimum Gasteiger partial charge on any atom is -0.493 e. The molecule has 3 aromatic rings. The quantitative estimate of drug-likeness (QED) is 0.566. The van der Waals surface area contributed by atoms with E-state index in [9.17, 15) is 9.18 Å². The second-order valence-corrected chi connectivity index (χ2v) is 8.16. The van der Waals surface area contributed by atoms with Crippen LogP contribution in [0, 0.1) is 12.7 Å². The molecule has 0 spiro atoms. The number of benzene rings is 2. The molecule has 172 valence electrons. The molecule has 0 radical (unpaired) electrons. The van der Waals surface area contributed by atoms with Crippen LogP contribution in [0.2, 0.25) is 0 Å². The third kappa shape index (κ3) is 5.39. The third-order valence-electron chi connectivity index (χ3n) is 5.70. The SMILES string of the molecule is COc1cc(C)ccc1Oc1cc(N2CCN(C(=O)Cc3ccc(F)cc3)[C@@H](C)C2)ncn1. The monoisotopic (exact) mass is 450 g/mol. The van der Waals surface area contributed by atoms with Crippen LogP contribution in [0.25, 0.3) is 0 Å². The van der Waals surface area contributed by atoms with E-state index in [0.29, 0.717) is 37.0 Å². The summed E-state index contributed by atoms with van der Waals surface area (Å²) in [5.41, 5.74) is 1.88. The summed E-state index contributed by atoms with van der Waals surface area (Å²) in [5.74, 6) is 2.11. The molecule has 1 saturated heterocycles. The zero-order chi connectivity index (χ0) is 23.4. The summed E-state index contributed by atoms with van der Waals surface area (Å²) < 4.78 is 24.5. The third-order valence-corrected chi connectivity index (χ3v) is 5.70. The second-order valence-electron chi connectivity index (χ2n) is 8.16. The zero-order valence-corrected chi connectivity index (χ0v) is 19.0. The van der Waals surface area contributed by atoms with Gasteiger partial charge in [-0.2, -0.15) is 0 Å². The molecule has 4 rings (SSSR count). The molecule has 2 aromatic carbocycles. The summed E-state index contributed by atoms with van der Waals surface area (Å²) in [6.45, 7) is 5.86. The summed E-state index contributed by atoms with van der Waals surface area (Å²) in [7, 11) is 1.60. The van der Waals surface area contributed by atoms with Crippen molar-refractivity contribution in [3.8, 4) is 17.4 Å². The number of hydrogen-bond donors (Lipinski definition) is 0. The lowest BCUT2D eigenvalue weighted by Gasteiger charge is -2.40. The molecule has 1 aliphatic rings. The number of aromatic nitrogens is 2. The van der Waals surface area contributed by atoms with E-state index in [0.717, 1.165) is 16.9 Å². The van der Waals surface area contributed by atoms with Gasteiger partial charge >= 0.3 is 0 Å². The first-order chi connectivity index (χ1) is 15.9. The van der Waals surface area contributed by atoms with Crippen molar-refractivity contribution in [2.75, 3.05) is 31.6 Å². The zero-order valence-electron chi connectivity index (χ0n) is 19.0. The van der Waals surface area contributed by atoms with E-state index in [2.05, 4.69) is 14.9 Å². The predicted molar refractivity (Wildman–Crippen MR) is 123 cm³/mol. The van der Waals surface area contributed by atoms with E-state index in [4.69, 9.17) is 9.47 Å². The molecule has 7 nitrogen and oxygen atoms in total. The van der Waals surface area contributed by atoms with Crippen molar-refractivity contribution < 1.29 is 18.7 Å². The Morgan fingerprint density at radius 1 is 1.09 bits per heavy atom. The first-order valence-corrected chi connectivity index (χ1v) is 10.9. The largest absolute Gasteiger partial charge is 0.493 e. The van der Waals surface area contributed by atoms with Crippen molar-refractivity contribution in [3.05, 3.63) is 71.8 Å². The maximum absolute atomic E-state index is 13.1. The van der Waals surface area contributed by atoms with Crippen LogP contribution < -0.4 is 14.4 Å². The number of carbonyl (C=O) groups is 1. The molecule has 0 unspecified atom stereocenters. The van der Waals surface area contributed by atoms with Gasteiger partial charge in [-0.3, -0.25) is 4.79 Å². The highest BCUT2D eigenvalue weighted by molar-refractivity contribution is 5.79. The summed E-state index contributed by atoms with van der Waals surface area (Å²) in [5, 5.41) is 0. The molecule has 33 heavy (non-hydrogen) atoms. The first-order valence-electron chi connectivity index (χ1n) is 10.9. The Hall–Kier alpha value is -3.68. The number of piperazine rings is 1. The highest BCUT2D eigenvalue weighted by Gasteiger charge is 2.28. The van der Waals surface area contributed by atoms with Crippen LogP contribution in [0.1, 0.15) is 18.1 Å². The van der Waals surface area contributed by atoms with Gasteiger partial charge in [0.15, 0.2) is 11.5 Å². The Labute approximate surface area is 192 Å². The van der Waals surface area contributed by atoms with Gasteiger partial charge in [-0.1, -0.05) is 18.2 Å². The lowest BCUT2D eigenvalue weighted by Crippen LogP contribution is -2.54. The van der Waals surface area contributed by atoms with Crippen LogP contribution in [0.5, 0.6) is 17.4 Å². The lowest BCUT2D eigenvalue weighted by molar-refractivity contribution is -0.132. The Morgan fingerprint density at radius 2 is 1.88 bits per heavy atom. The maximum atomic E-state index is 13.1. The van der Waals surface area contributed by atoms with Gasteiger partial charge in [-0.05, 0) is 49.2 Å². The van der Waals surface area contributed by atoms with Crippen LogP contribution in [0.4, 0.5) is 10.2 Å². The topological polar surface area (TPSA) is 67.8 Å². The van der Waals surface area contributed by atoms with Gasteiger partial charge in [-0.25, -0.2) is 14.4 Å². The predicted octanol–water partition coefficient (Wildman–Crippen LogP) is 4.00. The number of hydrogen-bond acceptors (Lipinski definition) is 6. The van der Waals surface area contributed by atoms with Crippen LogP contribution in [-0.2, 0) is 11.2 Å². The minimum absolute atomic E-state index is 0.00299. The van der Waals surface area contributed by atoms with Crippen molar-refractivity contribution in [3.63, 3.8) is 0 Å². The van der Waals surface area contributed by atoms with Gasteiger partial charge in [0.2, 0.25) is 11.8 Å². The van der Waals surface area contributed by atoms with Crippen LogP contribution in [0.15, 0.2) is 54.9 Å². The molecule has 8 heteroatoms. The van der Waals surface area contributed by atoms with Crippen LogP contribution in [-0.4, -0.2) is 53.6 Å². The number of aryl methyl sites for hydroxylation is 1. The van der Waals surface area contributed by atoms with Gasteiger partial charge in [0, 0.05) is 31.7 Å². The van der Waals surface area contributed by atoms with Gasteiger partial charge in [-0.15, -0.1) is 0 Å². The Morgan fingerprint density at radius 3 is 2.61 bits per heavy atom. The summed E-state index contributed by atoms with van der Waals surface area (Å²) >= 11 is 0.